The van der Waals surface area contributed by atoms with Crippen LogP contribution in [0.25, 0.3) is 33.4 Å². The smallest absolute Gasteiger partial charge is 0.197 e. The number of phenolic OH excluding ortho intramolecular Hbond substituents is 3. The molecule has 32 heavy (non-hydrogen) atoms. The van der Waals surface area contributed by atoms with Crippen molar-refractivity contribution in [1.82, 2.24) is 0 Å². The van der Waals surface area contributed by atoms with E-state index in [4.69, 9.17) is 4.42 Å². The Balaban J connectivity index is 1.82. The van der Waals surface area contributed by atoms with E-state index in [1.165, 1.54) is 12.5 Å². The van der Waals surface area contributed by atoms with Crippen LogP contribution in [-0.4, -0.2) is 15.3 Å². The maximum Gasteiger partial charge on any atom is 0.197 e. The van der Waals surface area contributed by atoms with Crippen LogP contribution in [0.4, 0.5) is 0 Å². The van der Waals surface area contributed by atoms with Crippen molar-refractivity contribution in [3.05, 3.63) is 76.5 Å². The minimum atomic E-state index is -0.374. The van der Waals surface area contributed by atoms with Crippen molar-refractivity contribution in [2.24, 2.45) is 0 Å². The number of fused-ring (bicyclic) bond motifs is 1. The summed E-state index contributed by atoms with van der Waals surface area (Å²) in [5, 5.41) is 31.5. The van der Waals surface area contributed by atoms with Gasteiger partial charge in [0.15, 0.2) is 5.43 Å². The molecule has 0 aliphatic heterocycles. The van der Waals surface area contributed by atoms with Crippen molar-refractivity contribution >= 4 is 11.0 Å². The molecule has 0 radical (unpaired) electrons. The van der Waals surface area contributed by atoms with Crippen molar-refractivity contribution in [2.45, 2.75) is 38.0 Å². The molecule has 1 aromatic heterocycles. The van der Waals surface area contributed by atoms with Crippen molar-refractivity contribution in [2.75, 3.05) is 0 Å². The minimum absolute atomic E-state index is 0.0230. The second-order valence-electron chi connectivity index (χ2n) is 8.44. The van der Waals surface area contributed by atoms with Gasteiger partial charge in [0.1, 0.15) is 34.0 Å². The Bertz CT molecular complexity index is 1360. The first-order valence-corrected chi connectivity index (χ1v) is 10.9. The summed E-state index contributed by atoms with van der Waals surface area (Å²) in [5.41, 5.74) is 2.43. The normalized spacial score (nSPS) is 14.6. The zero-order valence-electron chi connectivity index (χ0n) is 17.5. The minimum Gasteiger partial charge on any atom is -0.508 e. The second-order valence-corrected chi connectivity index (χ2v) is 8.44. The molecular formula is C27H24O5. The largest absolute Gasteiger partial charge is 0.508 e. The summed E-state index contributed by atoms with van der Waals surface area (Å²) < 4.78 is 6.22. The van der Waals surface area contributed by atoms with Crippen LogP contribution in [-0.2, 0) is 0 Å². The number of hydrogen-bond donors (Lipinski definition) is 3. The summed E-state index contributed by atoms with van der Waals surface area (Å²) in [6.07, 6.45) is 5.32. The zero-order valence-corrected chi connectivity index (χ0v) is 17.5. The summed E-state index contributed by atoms with van der Waals surface area (Å²) in [5.74, 6) is 0.411. The molecule has 5 nitrogen and oxygen atoms in total. The van der Waals surface area contributed by atoms with Crippen LogP contribution < -0.4 is 5.43 Å². The van der Waals surface area contributed by atoms with E-state index >= 15 is 0 Å². The number of benzene rings is 3. The highest BCUT2D eigenvalue weighted by Gasteiger charge is 2.25. The number of rotatable bonds is 3. The maximum atomic E-state index is 13.2. The molecule has 5 heteroatoms. The van der Waals surface area contributed by atoms with Crippen LogP contribution in [0.15, 0.2) is 69.9 Å². The molecule has 0 amide bonds. The molecule has 1 aliphatic carbocycles. The van der Waals surface area contributed by atoms with E-state index in [0.29, 0.717) is 22.3 Å². The van der Waals surface area contributed by atoms with Gasteiger partial charge in [0.2, 0.25) is 0 Å². The van der Waals surface area contributed by atoms with E-state index in [1.807, 2.05) is 6.07 Å². The van der Waals surface area contributed by atoms with Crippen LogP contribution in [0.3, 0.4) is 0 Å². The fourth-order valence-electron chi connectivity index (χ4n) is 4.77. The Morgan fingerprint density at radius 3 is 2.34 bits per heavy atom. The van der Waals surface area contributed by atoms with Crippen molar-refractivity contribution in [1.29, 1.82) is 0 Å². The predicted molar refractivity (Wildman–Crippen MR) is 124 cm³/mol. The van der Waals surface area contributed by atoms with E-state index in [-0.39, 0.29) is 39.7 Å². The number of phenols is 3. The number of hydrogen-bond acceptors (Lipinski definition) is 5. The Labute approximate surface area is 185 Å². The Kier molecular flexibility index (Phi) is 5.10. The van der Waals surface area contributed by atoms with Gasteiger partial charge in [0, 0.05) is 11.6 Å². The molecule has 4 aromatic rings. The monoisotopic (exact) mass is 428 g/mol. The van der Waals surface area contributed by atoms with E-state index < -0.39 is 0 Å². The molecule has 0 spiro atoms. The third kappa shape index (κ3) is 3.50. The molecule has 1 heterocycles. The lowest BCUT2D eigenvalue weighted by Crippen LogP contribution is -2.09. The predicted octanol–water partition coefficient (Wildman–Crippen LogP) is 6.29. The molecule has 3 N–H and O–H groups in total. The number of para-hydroxylation sites is 1. The Morgan fingerprint density at radius 1 is 0.812 bits per heavy atom. The van der Waals surface area contributed by atoms with Gasteiger partial charge in [-0.15, -0.1) is 0 Å². The molecule has 1 fully saturated rings. The first kappa shape index (κ1) is 20.2. The maximum absolute atomic E-state index is 13.2. The topological polar surface area (TPSA) is 90.9 Å². The molecule has 0 unspecified atom stereocenters. The van der Waals surface area contributed by atoms with Gasteiger partial charge in [0.25, 0.3) is 0 Å². The molecular weight excluding hydrogens is 404 g/mol. The summed E-state index contributed by atoms with van der Waals surface area (Å²) in [6, 6.07) is 16.6. The Hall–Kier alpha value is -3.73. The average molecular weight is 428 g/mol. The van der Waals surface area contributed by atoms with Gasteiger partial charge >= 0.3 is 0 Å². The quantitative estimate of drug-likeness (QED) is 0.357. The summed E-state index contributed by atoms with van der Waals surface area (Å²) >= 11 is 0. The van der Waals surface area contributed by atoms with Crippen LogP contribution in [0.2, 0.25) is 0 Å². The summed E-state index contributed by atoms with van der Waals surface area (Å²) in [6.45, 7) is 0. The first-order valence-electron chi connectivity index (χ1n) is 10.9. The standard InChI is InChI=1S/C27H24O5/c28-18-10-6-9-17(13-18)20-14-21(16-7-2-1-3-8-16)27-25(26(20)31)23(30)15-24(32-27)19-11-4-5-12-22(19)29/h4-6,9-16,28-29,31H,1-3,7-8H2. The number of aromatic hydroxyl groups is 3. The van der Waals surface area contributed by atoms with Crippen LogP contribution >= 0.6 is 0 Å². The molecule has 0 bridgehead atoms. The fourth-order valence-corrected chi connectivity index (χ4v) is 4.77. The lowest BCUT2D eigenvalue weighted by molar-refractivity contribution is 0.439. The molecule has 1 saturated carbocycles. The summed E-state index contributed by atoms with van der Waals surface area (Å²) in [4.78, 5) is 13.2. The molecule has 3 aromatic carbocycles. The third-order valence-electron chi connectivity index (χ3n) is 6.37. The van der Waals surface area contributed by atoms with Crippen molar-refractivity contribution < 1.29 is 19.7 Å². The molecule has 5 rings (SSSR count). The van der Waals surface area contributed by atoms with Crippen molar-refractivity contribution in [3.63, 3.8) is 0 Å². The van der Waals surface area contributed by atoms with Crippen LogP contribution in [0.1, 0.15) is 43.6 Å². The van der Waals surface area contributed by atoms with E-state index in [1.54, 1.807) is 48.5 Å². The highest BCUT2D eigenvalue weighted by atomic mass is 16.3. The summed E-state index contributed by atoms with van der Waals surface area (Å²) in [7, 11) is 0. The fraction of sp³-hybridized carbons (Fsp3) is 0.222. The highest BCUT2D eigenvalue weighted by molar-refractivity contribution is 5.95. The lowest BCUT2D eigenvalue weighted by atomic mass is 9.82. The van der Waals surface area contributed by atoms with Crippen LogP contribution in [0.5, 0.6) is 17.2 Å². The van der Waals surface area contributed by atoms with Crippen LogP contribution in [0, 0.1) is 0 Å². The molecule has 0 atom stereocenters. The molecule has 1 aliphatic rings. The molecule has 162 valence electrons. The van der Waals surface area contributed by atoms with Gasteiger partial charge in [-0.05, 0) is 60.2 Å². The van der Waals surface area contributed by atoms with E-state index in [0.717, 1.165) is 31.2 Å². The van der Waals surface area contributed by atoms with Gasteiger partial charge in [-0.2, -0.15) is 0 Å². The highest BCUT2D eigenvalue weighted by Crippen LogP contribution is 2.44. The third-order valence-corrected chi connectivity index (χ3v) is 6.37. The Morgan fingerprint density at radius 2 is 1.59 bits per heavy atom. The second kappa shape index (κ2) is 8.08. The lowest BCUT2D eigenvalue weighted by Gasteiger charge is -2.24. The van der Waals surface area contributed by atoms with Gasteiger partial charge in [-0.3, -0.25) is 4.79 Å². The zero-order chi connectivity index (χ0) is 22.2. The van der Waals surface area contributed by atoms with E-state index in [9.17, 15) is 20.1 Å². The van der Waals surface area contributed by atoms with Gasteiger partial charge in [-0.25, -0.2) is 0 Å². The SMILES string of the molecule is O=c1cc(-c2ccccc2O)oc2c(C3CCCCC3)cc(-c3cccc(O)c3)c(O)c12. The molecule has 0 saturated heterocycles. The average Bonchev–Trinajstić information content (AvgIpc) is 2.80. The van der Waals surface area contributed by atoms with Gasteiger partial charge < -0.3 is 19.7 Å². The van der Waals surface area contributed by atoms with Gasteiger partial charge in [-0.1, -0.05) is 43.5 Å². The van der Waals surface area contributed by atoms with Gasteiger partial charge in [0.05, 0.1) is 5.56 Å². The van der Waals surface area contributed by atoms with Crippen molar-refractivity contribution in [3.8, 4) is 39.7 Å². The van der Waals surface area contributed by atoms with E-state index in [2.05, 4.69) is 0 Å². The first-order chi connectivity index (χ1) is 15.5.